The number of thioether (sulfide) groups is 1. The lowest BCUT2D eigenvalue weighted by molar-refractivity contribution is -0.138. The van der Waals surface area contributed by atoms with Crippen molar-refractivity contribution in [1.29, 1.82) is 5.26 Å². The van der Waals surface area contributed by atoms with Gasteiger partial charge in [-0.25, -0.2) is 4.98 Å². The fraction of sp³-hybridized carbons (Fsp3) is 0.381. The SMILES string of the molecule is N#Cc1ccc(CN2CCCN(C(=O)CSc3ccc(C(F)(F)F)cn3)CC2)cc1. The molecule has 3 rings (SSSR count). The molecule has 0 spiro atoms. The van der Waals surface area contributed by atoms with Crippen LogP contribution < -0.4 is 0 Å². The molecule has 9 heteroatoms. The van der Waals surface area contributed by atoms with Gasteiger partial charge in [-0.2, -0.15) is 18.4 Å². The highest BCUT2D eigenvalue weighted by atomic mass is 32.2. The van der Waals surface area contributed by atoms with Crippen LogP contribution in [0.4, 0.5) is 13.2 Å². The Morgan fingerprint density at radius 2 is 1.87 bits per heavy atom. The Morgan fingerprint density at radius 3 is 2.50 bits per heavy atom. The number of carbonyl (C=O) groups excluding carboxylic acids is 1. The number of aromatic nitrogens is 1. The fourth-order valence-corrected chi connectivity index (χ4v) is 3.93. The van der Waals surface area contributed by atoms with Crippen LogP contribution in [0.1, 0.15) is 23.1 Å². The zero-order chi connectivity index (χ0) is 21.6. The molecule has 1 aromatic heterocycles. The fourth-order valence-electron chi connectivity index (χ4n) is 3.18. The summed E-state index contributed by atoms with van der Waals surface area (Å²) in [6.07, 6.45) is -2.77. The molecule has 0 bridgehead atoms. The first-order valence-corrected chi connectivity index (χ1v) is 10.5. The van der Waals surface area contributed by atoms with Crippen molar-refractivity contribution in [2.45, 2.75) is 24.2 Å². The minimum Gasteiger partial charge on any atom is -0.341 e. The molecule has 1 amide bonds. The summed E-state index contributed by atoms with van der Waals surface area (Å²) in [5.74, 6) is 0.107. The number of pyridine rings is 1. The summed E-state index contributed by atoms with van der Waals surface area (Å²) in [4.78, 5) is 20.4. The predicted molar refractivity (Wildman–Crippen MR) is 108 cm³/mol. The molecule has 2 heterocycles. The maximum absolute atomic E-state index is 12.6. The van der Waals surface area contributed by atoms with E-state index in [2.05, 4.69) is 16.0 Å². The number of amides is 1. The molecule has 5 nitrogen and oxygen atoms in total. The van der Waals surface area contributed by atoms with Gasteiger partial charge in [0.05, 0.1) is 28.0 Å². The number of halogens is 3. The Hall–Kier alpha value is -2.57. The van der Waals surface area contributed by atoms with Crippen molar-refractivity contribution in [1.82, 2.24) is 14.8 Å². The van der Waals surface area contributed by atoms with Gasteiger partial charge < -0.3 is 4.90 Å². The molecular weight excluding hydrogens is 413 g/mol. The van der Waals surface area contributed by atoms with Gasteiger partial charge in [0.25, 0.3) is 0 Å². The van der Waals surface area contributed by atoms with E-state index in [9.17, 15) is 18.0 Å². The second-order valence-corrected chi connectivity index (χ2v) is 7.99. The standard InChI is InChI=1S/C21H21F3N4OS/c22-21(23,24)18-6-7-19(26-13-18)30-15-20(29)28-9-1-8-27(10-11-28)14-17-4-2-16(12-25)3-5-17/h2-7,13H,1,8-11,14-15H2. The Kier molecular flexibility index (Phi) is 7.34. The van der Waals surface area contributed by atoms with Gasteiger partial charge in [0, 0.05) is 38.9 Å². The zero-order valence-corrected chi connectivity index (χ0v) is 17.0. The molecule has 0 radical (unpaired) electrons. The van der Waals surface area contributed by atoms with Crippen LogP contribution >= 0.6 is 11.8 Å². The monoisotopic (exact) mass is 434 g/mol. The Balaban J connectivity index is 1.47. The second-order valence-electron chi connectivity index (χ2n) is 6.99. The molecule has 30 heavy (non-hydrogen) atoms. The van der Waals surface area contributed by atoms with E-state index in [4.69, 9.17) is 5.26 Å². The van der Waals surface area contributed by atoms with Crippen molar-refractivity contribution >= 4 is 17.7 Å². The molecule has 0 saturated carbocycles. The second kappa shape index (κ2) is 9.96. The van der Waals surface area contributed by atoms with E-state index in [0.29, 0.717) is 23.7 Å². The van der Waals surface area contributed by atoms with Crippen LogP contribution in [-0.2, 0) is 17.5 Å². The predicted octanol–water partition coefficient (Wildman–Crippen LogP) is 3.80. The number of alkyl halides is 3. The topological polar surface area (TPSA) is 60.2 Å². The first kappa shape index (κ1) is 22.1. The van der Waals surface area contributed by atoms with Gasteiger partial charge in [-0.05, 0) is 36.2 Å². The average molecular weight is 434 g/mol. The van der Waals surface area contributed by atoms with Crippen LogP contribution in [0, 0.1) is 11.3 Å². The van der Waals surface area contributed by atoms with Crippen LogP contribution in [-0.4, -0.2) is 52.6 Å². The van der Waals surface area contributed by atoms with Crippen molar-refractivity contribution in [2.75, 3.05) is 31.9 Å². The molecule has 0 unspecified atom stereocenters. The minimum absolute atomic E-state index is 0.0399. The molecule has 0 atom stereocenters. The van der Waals surface area contributed by atoms with Gasteiger partial charge >= 0.3 is 6.18 Å². The molecule has 1 fully saturated rings. The average Bonchev–Trinajstić information content (AvgIpc) is 2.98. The van der Waals surface area contributed by atoms with E-state index < -0.39 is 11.7 Å². The largest absolute Gasteiger partial charge is 0.417 e. The smallest absolute Gasteiger partial charge is 0.341 e. The third-order valence-electron chi connectivity index (χ3n) is 4.84. The maximum atomic E-state index is 12.6. The lowest BCUT2D eigenvalue weighted by Crippen LogP contribution is -2.36. The van der Waals surface area contributed by atoms with E-state index in [-0.39, 0.29) is 11.7 Å². The number of hydrogen-bond acceptors (Lipinski definition) is 5. The first-order chi connectivity index (χ1) is 14.3. The molecule has 1 aliphatic heterocycles. The van der Waals surface area contributed by atoms with E-state index >= 15 is 0 Å². The number of rotatable bonds is 5. The van der Waals surface area contributed by atoms with Crippen LogP contribution in [0.3, 0.4) is 0 Å². The Bertz CT molecular complexity index is 894. The highest BCUT2D eigenvalue weighted by Gasteiger charge is 2.30. The molecule has 1 saturated heterocycles. The summed E-state index contributed by atoms with van der Waals surface area (Å²) >= 11 is 1.15. The number of nitrogens with zero attached hydrogens (tertiary/aromatic N) is 4. The van der Waals surface area contributed by atoms with Gasteiger partial charge in [-0.3, -0.25) is 9.69 Å². The molecule has 0 aliphatic carbocycles. The minimum atomic E-state index is -4.41. The number of nitriles is 1. The van der Waals surface area contributed by atoms with Gasteiger partial charge in [0.2, 0.25) is 5.91 Å². The summed E-state index contributed by atoms with van der Waals surface area (Å²) in [5, 5.41) is 9.28. The zero-order valence-electron chi connectivity index (χ0n) is 16.2. The van der Waals surface area contributed by atoms with Crippen LogP contribution in [0.5, 0.6) is 0 Å². The summed E-state index contributed by atoms with van der Waals surface area (Å²) in [7, 11) is 0. The molecule has 158 valence electrons. The van der Waals surface area contributed by atoms with E-state index in [0.717, 1.165) is 55.6 Å². The quantitative estimate of drug-likeness (QED) is 0.670. The van der Waals surface area contributed by atoms with E-state index in [1.807, 2.05) is 12.1 Å². The molecule has 2 aromatic rings. The highest BCUT2D eigenvalue weighted by molar-refractivity contribution is 7.99. The van der Waals surface area contributed by atoms with E-state index in [1.165, 1.54) is 6.07 Å². The Morgan fingerprint density at radius 1 is 1.10 bits per heavy atom. The molecule has 0 N–H and O–H groups in total. The third-order valence-corrected chi connectivity index (χ3v) is 5.77. The van der Waals surface area contributed by atoms with E-state index in [1.54, 1.807) is 17.0 Å². The summed E-state index contributed by atoms with van der Waals surface area (Å²) in [6.45, 7) is 3.64. The van der Waals surface area contributed by atoms with Gasteiger partial charge in [0.15, 0.2) is 0 Å². The maximum Gasteiger partial charge on any atom is 0.417 e. The van der Waals surface area contributed by atoms with Crippen LogP contribution in [0.15, 0.2) is 47.6 Å². The van der Waals surface area contributed by atoms with Crippen molar-refractivity contribution in [3.05, 3.63) is 59.3 Å². The number of benzene rings is 1. The highest BCUT2D eigenvalue weighted by Crippen LogP contribution is 2.29. The van der Waals surface area contributed by atoms with Crippen molar-refractivity contribution in [2.24, 2.45) is 0 Å². The number of carbonyl (C=O) groups is 1. The van der Waals surface area contributed by atoms with Gasteiger partial charge in [0.1, 0.15) is 0 Å². The lowest BCUT2D eigenvalue weighted by atomic mass is 10.1. The summed E-state index contributed by atoms with van der Waals surface area (Å²) in [5.41, 5.74) is 0.956. The van der Waals surface area contributed by atoms with Gasteiger partial charge in [-0.15, -0.1) is 0 Å². The van der Waals surface area contributed by atoms with Crippen LogP contribution in [0.25, 0.3) is 0 Å². The van der Waals surface area contributed by atoms with Gasteiger partial charge in [-0.1, -0.05) is 23.9 Å². The molecular formula is C21H21F3N4OS. The van der Waals surface area contributed by atoms with Crippen LogP contribution in [0.2, 0.25) is 0 Å². The molecule has 1 aromatic carbocycles. The normalized spacial score (nSPS) is 15.5. The first-order valence-electron chi connectivity index (χ1n) is 9.50. The summed E-state index contributed by atoms with van der Waals surface area (Å²) < 4.78 is 37.8. The molecule has 1 aliphatic rings. The Labute approximate surface area is 177 Å². The van der Waals surface area contributed by atoms with Crippen molar-refractivity contribution in [3.8, 4) is 6.07 Å². The van der Waals surface area contributed by atoms with Crippen molar-refractivity contribution in [3.63, 3.8) is 0 Å². The van der Waals surface area contributed by atoms with Crippen molar-refractivity contribution < 1.29 is 18.0 Å². The third kappa shape index (κ3) is 6.21. The number of hydrogen-bond donors (Lipinski definition) is 0. The summed E-state index contributed by atoms with van der Waals surface area (Å²) in [6, 6.07) is 11.9. The lowest BCUT2D eigenvalue weighted by Gasteiger charge is -2.22.